The number of carbonyl (C=O) groups is 2. The van der Waals surface area contributed by atoms with Gasteiger partial charge in [-0.05, 0) is 71.8 Å². The molecule has 3 aromatic rings. The normalized spacial score (nSPS) is 14.7. The fraction of sp³-hybridized carbons (Fsp3) is 0.154. The van der Waals surface area contributed by atoms with Crippen LogP contribution in [-0.4, -0.2) is 22.7 Å². The third-order valence-electron chi connectivity index (χ3n) is 5.03. The Hall–Kier alpha value is -3.10. The Morgan fingerprint density at radius 2 is 1.76 bits per heavy atom. The lowest BCUT2D eigenvalue weighted by Gasteiger charge is -2.14. The van der Waals surface area contributed by atoms with Crippen molar-refractivity contribution in [2.45, 2.75) is 20.1 Å². The smallest absolute Gasteiger partial charge is 0.293 e. The van der Waals surface area contributed by atoms with Gasteiger partial charge in [-0.2, -0.15) is 0 Å². The molecule has 0 spiro atoms. The average Bonchev–Trinajstić information content (AvgIpc) is 3.08. The number of ether oxygens (including phenoxy) is 2. The number of carbonyl (C=O) groups excluding carboxylic acids is 2. The molecule has 0 bridgehead atoms. The van der Waals surface area contributed by atoms with Crippen LogP contribution < -0.4 is 9.47 Å². The van der Waals surface area contributed by atoms with E-state index in [1.54, 1.807) is 36.4 Å². The summed E-state index contributed by atoms with van der Waals surface area (Å²) in [7, 11) is 0. The number of thioether (sulfide) groups is 1. The van der Waals surface area contributed by atoms with E-state index in [-0.39, 0.29) is 30.1 Å². The zero-order valence-corrected chi connectivity index (χ0v) is 20.7. The minimum absolute atomic E-state index is 0.198. The molecule has 1 aliphatic rings. The lowest BCUT2D eigenvalue weighted by atomic mass is 10.1. The van der Waals surface area contributed by atoms with Crippen LogP contribution in [0.1, 0.15) is 23.6 Å². The summed E-state index contributed by atoms with van der Waals surface area (Å²) in [6.45, 7) is 2.75. The third kappa shape index (κ3) is 5.69. The molecular formula is C26H21BrFNO4S. The average molecular weight is 542 g/mol. The van der Waals surface area contributed by atoms with Gasteiger partial charge in [-0.1, -0.05) is 52.3 Å². The van der Waals surface area contributed by atoms with Gasteiger partial charge in [0.1, 0.15) is 12.4 Å². The van der Waals surface area contributed by atoms with Crippen LogP contribution in [0.4, 0.5) is 9.18 Å². The van der Waals surface area contributed by atoms with Crippen LogP contribution in [0.3, 0.4) is 0 Å². The van der Waals surface area contributed by atoms with Gasteiger partial charge in [0, 0.05) is 4.47 Å². The summed E-state index contributed by atoms with van der Waals surface area (Å²) in [6.07, 6.45) is 1.68. The Morgan fingerprint density at radius 1 is 1.00 bits per heavy atom. The second-order valence-corrected chi connectivity index (χ2v) is 9.26. The Morgan fingerprint density at radius 3 is 2.50 bits per heavy atom. The largest absolute Gasteiger partial charge is 0.490 e. The van der Waals surface area contributed by atoms with E-state index in [0.717, 1.165) is 27.4 Å². The number of hydrogen-bond acceptors (Lipinski definition) is 5. The van der Waals surface area contributed by atoms with Crippen molar-refractivity contribution in [2.75, 3.05) is 6.61 Å². The number of benzene rings is 3. The number of amides is 2. The van der Waals surface area contributed by atoms with Crippen LogP contribution in [0.15, 0.2) is 76.1 Å². The highest BCUT2D eigenvalue weighted by atomic mass is 79.9. The van der Waals surface area contributed by atoms with Crippen molar-refractivity contribution in [1.82, 2.24) is 4.90 Å². The van der Waals surface area contributed by atoms with Gasteiger partial charge in [0.2, 0.25) is 0 Å². The summed E-state index contributed by atoms with van der Waals surface area (Å²) in [6, 6.07) is 18.9. The van der Waals surface area contributed by atoms with Crippen molar-refractivity contribution >= 4 is 44.9 Å². The Balaban J connectivity index is 1.51. The van der Waals surface area contributed by atoms with Crippen molar-refractivity contribution in [2.24, 2.45) is 0 Å². The first-order valence-electron chi connectivity index (χ1n) is 10.6. The molecule has 2 amide bonds. The number of halogens is 2. The van der Waals surface area contributed by atoms with E-state index in [9.17, 15) is 14.0 Å². The van der Waals surface area contributed by atoms with E-state index in [1.165, 1.54) is 17.0 Å². The second kappa shape index (κ2) is 10.9. The first kappa shape index (κ1) is 24.0. The Bertz CT molecular complexity index is 1250. The van der Waals surface area contributed by atoms with E-state index >= 15 is 0 Å². The molecule has 0 aromatic heterocycles. The van der Waals surface area contributed by atoms with E-state index in [4.69, 9.17) is 9.47 Å². The number of rotatable bonds is 8. The van der Waals surface area contributed by atoms with Gasteiger partial charge < -0.3 is 9.47 Å². The molecule has 4 rings (SSSR count). The number of imide groups is 1. The van der Waals surface area contributed by atoms with E-state index in [1.807, 2.05) is 31.2 Å². The minimum Gasteiger partial charge on any atom is -0.490 e. The molecule has 3 aromatic carbocycles. The first-order chi connectivity index (χ1) is 16.4. The molecule has 0 radical (unpaired) electrons. The van der Waals surface area contributed by atoms with E-state index in [0.29, 0.717) is 28.6 Å². The van der Waals surface area contributed by atoms with Gasteiger partial charge in [-0.25, -0.2) is 4.39 Å². The summed E-state index contributed by atoms with van der Waals surface area (Å²) in [5, 5.41) is -0.309. The van der Waals surface area contributed by atoms with E-state index in [2.05, 4.69) is 15.9 Å². The summed E-state index contributed by atoms with van der Waals surface area (Å²) in [4.78, 5) is 27.0. The van der Waals surface area contributed by atoms with Gasteiger partial charge in [-0.15, -0.1) is 0 Å². The summed E-state index contributed by atoms with van der Waals surface area (Å²) >= 11 is 4.37. The summed E-state index contributed by atoms with van der Waals surface area (Å²) in [5.41, 5.74) is 2.39. The molecule has 1 fully saturated rings. The molecule has 1 aliphatic heterocycles. The topological polar surface area (TPSA) is 55.8 Å². The van der Waals surface area contributed by atoms with Gasteiger partial charge in [0.05, 0.1) is 18.1 Å². The van der Waals surface area contributed by atoms with Crippen molar-refractivity contribution in [3.8, 4) is 11.5 Å². The van der Waals surface area contributed by atoms with E-state index < -0.39 is 0 Å². The van der Waals surface area contributed by atoms with Crippen LogP contribution in [0.25, 0.3) is 6.08 Å². The highest BCUT2D eigenvalue weighted by molar-refractivity contribution is 9.10. The van der Waals surface area contributed by atoms with Gasteiger partial charge in [-0.3, -0.25) is 14.5 Å². The molecule has 174 valence electrons. The van der Waals surface area contributed by atoms with Crippen molar-refractivity contribution in [3.05, 3.63) is 98.6 Å². The molecule has 1 heterocycles. The molecule has 5 nitrogen and oxygen atoms in total. The molecule has 0 aliphatic carbocycles. The fourth-order valence-corrected chi connectivity index (χ4v) is 4.58. The molecule has 0 saturated carbocycles. The van der Waals surface area contributed by atoms with Crippen molar-refractivity contribution in [3.63, 3.8) is 0 Å². The van der Waals surface area contributed by atoms with Crippen molar-refractivity contribution in [1.29, 1.82) is 0 Å². The summed E-state index contributed by atoms with van der Waals surface area (Å²) in [5.74, 6) is 0.417. The SMILES string of the molecule is CCOc1cc(/C=C2\SC(=O)N(Cc3ccccc3Br)C2=O)ccc1OCc1ccc(F)cc1. The van der Waals surface area contributed by atoms with Crippen LogP contribution in [-0.2, 0) is 17.9 Å². The Kier molecular flexibility index (Phi) is 7.70. The maximum absolute atomic E-state index is 13.1. The van der Waals surface area contributed by atoms with Crippen LogP contribution >= 0.6 is 27.7 Å². The van der Waals surface area contributed by atoms with Crippen LogP contribution in [0.2, 0.25) is 0 Å². The first-order valence-corrected chi connectivity index (χ1v) is 12.2. The molecule has 0 N–H and O–H groups in total. The third-order valence-corrected chi connectivity index (χ3v) is 6.71. The highest BCUT2D eigenvalue weighted by Gasteiger charge is 2.35. The highest BCUT2D eigenvalue weighted by Crippen LogP contribution is 2.36. The fourth-order valence-electron chi connectivity index (χ4n) is 3.33. The molecule has 1 saturated heterocycles. The standard InChI is InChI=1S/C26H21BrFNO4S/c1-2-32-23-13-18(9-12-22(23)33-16-17-7-10-20(28)11-8-17)14-24-25(30)29(26(31)34-24)15-19-5-3-4-6-21(19)27/h3-14H,2,15-16H2,1H3/b24-14-. The summed E-state index contributed by atoms with van der Waals surface area (Å²) < 4.78 is 25.5. The monoisotopic (exact) mass is 541 g/mol. The van der Waals surface area contributed by atoms with Gasteiger partial charge in [0.15, 0.2) is 11.5 Å². The number of hydrogen-bond donors (Lipinski definition) is 0. The molecule has 34 heavy (non-hydrogen) atoms. The molecular weight excluding hydrogens is 521 g/mol. The maximum Gasteiger partial charge on any atom is 0.293 e. The quantitative estimate of drug-likeness (QED) is 0.293. The number of nitrogens with zero attached hydrogens (tertiary/aromatic N) is 1. The predicted octanol–water partition coefficient (Wildman–Crippen LogP) is 6.80. The van der Waals surface area contributed by atoms with Gasteiger partial charge in [0.25, 0.3) is 11.1 Å². The lowest BCUT2D eigenvalue weighted by molar-refractivity contribution is -0.123. The molecule has 8 heteroatoms. The van der Waals surface area contributed by atoms with Crippen LogP contribution in [0.5, 0.6) is 11.5 Å². The molecule has 0 unspecified atom stereocenters. The zero-order valence-electron chi connectivity index (χ0n) is 18.3. The predicted molar refractivity (Wildman–Crippen MR) is 134 cm³/mol. The lowest BCUT2D eigenvalue weighted by Crippen LogP contribution is -2.27. The van der Waals surface area contributed by atoms with Gasteiger partial charge >= 0.3 is 0 Å². The second-order valence-electron chi connectivity index (χ2n) is 7.41. The Labute approximate surface area is 209 Å². The zero-order chi connectivity index (χ0) is 24.1. The minimum atomic E-state index is -0.333. The maximum atomic E-state index is 13.1. The molecule has 0 atom stereocenters. The van der Waals surface area contributed by atoms with Crippen LogP contribution in [0, 0.1) is 5.82 Å². The van der Waals surface area contributed by atoms with Crippen molar-refractivity contribution < 1.29 is 23.5 Å².